The summed E-state index contributed by atoms with van der Waals surface area (Å²) in [5, 5.41) is 13.7. The lowest BCUT2D eigenvalue weighted by molar-refractivity contribution is -0.385. The maximum absolute atomic E-state index is 12.8. The highest BCUT2D eigenvalue weighted by atomic mass is 32.2. The van der Waals surface area contributed by atoms with E-state index in [2.05, 4.69) is 10.0 Å². The number of carbonyl (C=O) groups is 1. The first-order valence-electron chi connectivity index (χ1n) is 9.32. The molecule has 1 aliphatic rings. The van der Waals surface area contributed by atoms with Gasteiger partial charge in [0.25, 0.3) is 21.6 Å². The highest BCUT2D eigenvalue weighted by molar-refractivity contribution is 7.92. The van der Waals surface area contributed by atoms with Crippen molar-refractivity contribution in [3.8, 4) is 11.5 Å². The molecule has 1 heterocycles. The number of nitro groups is 1. The third-order valence-electron chi connectivity index (χ3n) is 4.78. The average molecular weight is 455 g/mol. The fraction of sp³-hybridized carbons (Fsp3) is 0.0952. The molecule has 0 saturated heterocycles. The maximum atomic E-state index is 12.8. The van der Waals surface area contributed by atoms with Crippen molar-refractivity contribution in [1.82, 2.24) is 0 Å². The minimum Gasteiger partial charge on any atom is -0.454 e. The molecule has 11 heteroatoms. The summed E-state index contributed by atoms with van der Waals surface area (Å²) in [6.07, 6.45) is 0. The third kappa shape index (κ3) is 4.18. The number of benzene rings is 3. The summed E-state index contributed by atoms with van der Waals surface area (Å²) >= 11 is 0. The van der Waals surface area contributed by atoms with Gasteiger partial charge >= 0.3 is 0 Å². The molecule has 0 aromatic heterocycles. The number of hydrogen-bond acceptors (Lipinski definition) is 7. The summed E-state index contributed by atoms with van der Waals surface area (Å²) in [5.41, 5.74) is 0.767. The van der Waals surface area contributed by atoms with Crippen LogP contribution in [0.3, 0.4) is 0 Å². The van der Waals surface area contributed by atoms with Crippen molar-refractivity contribution in [2.24, 2.45) is 0 Å². The van der Waals surface area contributed by atoms with Crippen molar-refractivity contribution in [2.45, 2.75) is 11.8 Å². The Labute approximate surface area is 183 Å². The molecule has 10 nitrogen and oxygen atoms in total. The van der Waals surface area contributed by atoms with Gasteiger partial charge in [-0.1, -0.05) is 12.1 Å². The van der Waals surface area contributed by atoms with Gasteiger partial charge in [-0.3, -0.25) is 19.6 Å². The summed E-state index contributed by atoms with van der Waals surface area (Å²) in [6.45, 7) is 1.58. The molecule has 1 aliphatic heterocycles. The molecule has 32 heavy (non-hydrogen) atoms. The first-order chi connectivity index (χ1) is 15.2. The van der Waals surface area contributed by atoms with Crippen molar-refractivity contribution in [1.29, 1.82) is 0 Å². The Kier molecular flexibility index (Phi) is 5.41. The normalized spacial score (nSPS) is 12.3. The van der Waals surface area contributed by atoms with Crippen LogP contribution in [0.15, 0.2) is 65.6 Å². The number of carbonyl (C=O) groups excluding carboxylic acids is 1. The van der Waals surface area contributed by atoms with Crippen molar-refractivity contribution >= 4 is 33.0 Å². The minimum atomic E-state index is -4.00. The van der Waals surface area contributed by atoms with Gasteiger partial charge in [-0.15, -0.1) is 0 Å². The van der Waals surface area contributed by atoms with E-state index in [1.807, 2.05) is 0 Å². The van der Waals surface area contributed by atoms with Gasteiger partial charge in [0.05, 0.1) is 26.8 Å². The van der Waals surface area contributed by atoms with Gasteiger partial charge in [0, 0.05) is 17.7 Å². The first-order valence-corrected chi connectivity index (χ1v) is 10.8. The molecule has 0 spiro atoms. The highest BCUT2D eigenvalue weighted by Gasteiger charge is 2.20. The van der Waals surface area contributed by atoms with Crippen molar-refractivity contribution in [3.05, 3.63) is 81.9 Å². The number of nitrogens with one attached hydrogen (secondary N) is 2. The van der Waals surface area contributed by atoms with Crippen LogP contribution >= 0.6 is 0 Å². The number of nitro benzene ring substituents is 1. The van der Waals surface area contributed by atoms with Gasteiger partial charge in [-0.25, -0.2) is 8.42 Å². The average Bonchev–Trinajstić information content (AvgIpc) is 3.22. The van der Waals surface area contributed by atoms with E-state index in [-0.39, 0.29) is 34.3 Å². The molecule has 164 valence electrons. The molecule has 0 atom stereocenters. The lowest BCUT2D eigenvalue weighted by Crippen LogP contribution is -2.16. The van der Waals surface area contributed by atoms with E-state index in [0.717, 1.165) is 0 Å². The second-order valence-corrected chi connectivity index (χ2v) is 8.54. The van der Waals surface area contributed by atoms with Crippen LogP contribution in [0.2, 0.25) is 0 Å². The summed E-state index contributed by atoms with van der Waals surface area (Å²) in [4.78, 5) is 23.1. The van der Waals surface area contributed by atoms with Crippen LogP contribution in [0.4, 0.5) is 17.1 Å². The van der Waals surface area contributed by atoms with Gasteiger partial charge in [0.1, 0.15) is 0 Å². The SMILES string of the molecule is Cc1c(NC(=O)c2cccc(S(=O)(=O)Nc3ccc4c(c3)OCO4)c2)cccc1[N+](=O)[O-]. The molecule has 0 bridgehead atoms. The number of ether oxygens (including phenoxy) is 2. The number of sulfonamides is 1. The zero-order chi connectivity index (χ0) is 22.9. The van der Waals surface area contributed by atoms with Gasteiger partial charge in [0.15, 0.2) is 11.5 Å². The van der Waals surface area contributed by atoms with E-state index in [9.17, 15) is 23.3 Å². The number of fused-ring (bicyclic) bond motifs is 1. The van der Waals surface area contributed by atoms with Crippen molar-refractivity contribution < 1.29 is 27.6 Å². The quantitative estimate of drug-likeness (QED) is 0.427. The van der Waals surface area contributed by atoms with E-state index >= 15 is 0 Å². The van der Waals surface area contributed by atoms with Crippen LogP contribution < -0.4 is 19.5 Å². The summed E-state index contributed by atoms with van der Waals surface area (Å²) in [5.74, 6) is 0.336. The summed E-state index contributed by atoms with van der Waals surface area (Å²) in [7, 11) is -4.00. The van der Waals surface area contributed by atoms with Crippen LogP contribution in [0, 0.1) is 17.0 Å². The maximum Gasteiger partial charge on any atom is 0.274 e. The number of anilines is 2. The van der Waals surface area contributed by atoms with Crippen LogP contribution in [0.5, 0.6) is 11.5 Å². The number of rotatable bonds is 6. The molecular formula is C21H17N3O7S. The molecule has 3 aromatic rings. The molecular weight excluding hydrogens is 438 g/mol. The van der Waals surface area contributed by atoms with E-state index in [1.165, 1.54) is 61.5 Å². The smallest absolute Gasteiger partial charge is 0.274 e. The van der Waals surface area contributed by atoms with Gasteiger partial charge in [-0.2, -0.15) is 0 Å². The second kappa shape index (κ2) is 8.19. The zero-order valence-electron chi connectivity index (χ0n) is 16.7. The molecule has 2 N–H and O–H groups in total. The molecule has 0 fully saturated rings. The van der Waals surface area contributed by atoms with Gasteiger partial charge in [0.2, 0.25) is 6.79 Å². The standard InChI is InChI=1S/C21H17N3O7S/c1-13-17(6-3-7-18(13)24(26)27)22-21(25)14-4-2-5-16(10-14)32(28,29)23-15-8-9-19-20(11-15)31-12-30-19/h2-11,23H,12H2,1H3,(H,22,25). The van der Waals surface area contributed by atoms with Crippen LogP contribution in [-0.2, 0) is 10.0 Å². The minimum absolute atomic E-state index is 0.0622. The van der Waals surface area contributed by atoms with Gasteiger partial charge in [-0.05, 0) is 43.3 Å². The molecule has 0 aliphatic carbocycles. The van der Waals surface area contributed by atoms with Crippen LogP contribution in [0.1, 0.15) is 15.9 Å². The predicted octanol–water partition coefficient (Wildman–Crippen LogP) is 3.69. The van der Waals surface area contributed by atoms with Crippen molar-refractivity contribution in [2.75, 3.05) is 16.8 Å². The second-order valence-electron chi connectivity index (χ2n) is 6.86. The van der Waals surface area contributed by atoms with Crippen LogP contribution in [0.25, 0.3) is 0 Å². The van der Waals surface area contributed by atoms with Crippen LogP contribution in [-0.4, -0.2) is 26.0 Å². The van der Waals surface area contributed by atoms with Gasteiger partial charge < -0.3 is 14.8 Å². The Bertz CT molecular complexity index is 1340. The van der Waals surface area contributed by atoms with E-state index < -0.39 is 20.9 Å². The molecule has 4 rings (SSSR count). The Balaban J connectivity index is 1.56. The highest BCUT2D eigenvalue weighted by Crippen LogP contribution is 2.35. The number of hydrogen-bond donors (Lipinski definition) is 2. The lowest BCUT2D eigenvalue weighted by Gasteiger charge is -2.11. The molecule has 1 amide bonds. The summed E-state index contributed by atoms with van der Waals surface area (Å²) < 4.78 is 38.5. The molecule has 0 saturated carbocycles. The zero-order valence-corrected chi connectivity index (χ0v) is 17.5. The van der Waals surface area contributed by atoms with E-state index in [4.69, 9.17) is 9.47 Å². The fourth-order valence-corrected chi connectivity index (χ4v) is 4.22. The monoisotopic (exact) mass is 455 g/mol. The predicted molar refractivity (Wildman–Crippen MR) is 116 cm³/mol. The Hall–Kier alpha value is -4.12. The fourth-order valence-electron chi connectivity index (χ4n) is 3.13. The number of nitrogens with zero attached hydrogens (tertiary/aromatic N) is 1. The number of amides is 1. The topological polar surface area (TPSA) is 137 Å². The summed E-state index contributed by atoms with van der Waals surface area (Å²) in [6, 6.07) is 14.4. The van der Waals surface area contributed by atoms with E-state index in [0.29, 0.717) is 17.1 Å². The lowest BCUT2D eigenvalue weighted by atomic mass is 10.1. The molecule has 0 radical (unpaired) electrons. The largest absolute Gasteiger partial charge is 0.454 e. The van der Waals surface area contributed by atoms with E-state index in [1.54, 1.807) is 6.07 Å². The Morgan fingerprint density at radius 1 is 1.03 bits per heavy atom. The molecule has 3 aromatic carbocycles. The first kappa shape index (κ1) is 21.1. The molecule has 0 unspecified atom stereocenters. The van der Waals surface area contributed by atoms with Crippen molar-refractivity contribution in [3.63, 3.8) is 0 Å². The Morgan fingerprint density at radius 2 is 1.78 bits per heavy atom. The Morgan fingerprint density at radius 3 is 2.56 bits per heavy atom. The third-order valence-corrected chi connectivity index (χ3v) is 6.16.